The molecule has 0 unspecified atom stereocenters. The number of carbonyl (C=O) groups excluding carboxylic acids is 1. The first-order valence-corrected chi connectivity index (χ1v) is 10.5. The van der Waals surface area contributed by atoms with Gasteiger partial charge in [-0.15, -0.1) is 0 Å². The number of aromatic nitrogens is 1. The standard InChI is InChI=1S/C19H13FN2O3S2/c20-13-6-8-14(9-7-13)27(24,25)11-17(23)21-19-22-18-15-4-2-1-3-12(15)5-10-16(18)26-19/h1-10H,11H2,(H,21,22,23). The number of nitrogens with zero attached hydrogens (tertiary/aromatic N) is 1. The number of hydrogen-bond donors (Lipinski definition) is 1. The summed E-state index contributed by atoms with van der Waals surface area (Å²) in [6.07, 6.45) is 0. The third kappa shape index (κ3) is 3.54. The van der Waals surface area contributed by atoms with Gasteiger partial charge < -0.3 is 5.32 Å². The molecule has 4 aromatic rings. The number of nitrogens with one attached hydrogen (secondary N) is 1. The predicted octanol–water partition coefficient (Wildman–Crippen LogP) is 4.00. The first-order valence-electron chi connectivity index (χ1n) is 7.99. The van der Waals surface area contributed by atoms with Crippen molar-refractivity contribution in [1.82, 2.24) is 4.98 Å². The smallest absolute Gasteiger partial charge is 0.241 e. The Labute approximate surface area is 158 Å². The van der Waals surface area contributed by atoms with Gasteiger partial charge in [0.15, 0.2) is 15.0 Å². The second-order valence-corrected chi connectivity index (χ2v) is 8.93. The van der Waals surface area contributed by atoms with Crippen molar-refractivity contribution in [1.29, 1.82) is 0 Å². The van der Waals surface area contributed by atoms with E-state index in [2.05, 4.69) is 10.3 Å². The number of fused-ring (bicyclic) bond motifs is 3. The number of thiazole rings is 1. The van der Waals surface area contributed by atoms with Crippen LogP contribution >= 0.6 is 11.3 Å². The van der Waals surface area contributed by atoms with E-state index in [-0.39, 0.29) is 4.90 Å². The minimum absolute atomic E-state index is 0.102. The zero-order valence-corrected chi connectivity index (χ0v) is 15.5. The molecule has 4 rings (SSSR count). The monoisotopic (exact) mass is 400 g/mol. The maximum atomic E-state index is 13.0. The van der Waals surface area contributed by atoms with Crippen molar-refractivity contribution < 1.29 is 17.6 Å². The lowest BCUT2D eigenvalue weighted by molar-refractivity contribution is -0.113. The van der Waals surface area contributed by atoms with E-state index in [0.29, 0.717) is 5.13 Å². The fourth-order valence-corrected chi connectivity index (χ4v) is 4.80. The molecule has 0 radical (unpaired) electrons. The molecule has 0 saturated carbocycles. The van der Waals surface area contributed by atoms with Crippen molar-refractivity contribution in [3.05, 3.63) is 66.5 Å². The molecule has 0 atom stereocenters. The lowest BCUT2D eigenvalue weighted by atomic mass is 10.1. The molecule has 8 heteroatoms. The summed E-state index contributed by atoms with van der Waals surface area (Å²) in [6.45, 7) is 0. The largest absolute Gasteiger partial charge is 0.301 e. The molecule has 0 saturated heterocycles. The van der Waals surface area contributed by atoms with Crippen LogP contribution in [0.3, 0.4) is 0 Å². The molecule has 0 fully saturated rings. The summed E-state index contributed by atoms with van der Waals surface area (Å²) in [5.74, 6) is -1.97. The molecular formula is C19H13FN2O3S2. The number of benzene rings is 3. The Hall–Kier alpha value is -2.84. The average molecular weight is 400 g/mol. The van der Waals surface area contributed by atoms with Crippen LogP contribution in [0.15, 0.2) is 65.6 Å². The van der Waals surface area contributed by atoms with Gasteiger partial charge in [0, 0.05) is 5.39 Å². The van der Waals surface area contributed by atoms with Crippen LogP contribution in [0.25, 0.3) is 21.0 Å². The van der Waals surface area contributed by atoms with Gasteiger partial charge in [-0.05, 0) is 35.7 Å². The van der Waals surface area contributed by atoms with Crippen molar-refractivity contribution in [3.63, 3.8) is 0 Å². The van der Waals surface area contributed by atoms with Gasteiger partial charge in [0.25, 0.3) is 0 Å². The normalized spacial score (nSPS) is 11.7. The molecule has 1 heterocycles. The van der Waals surface area contributed by atoms with Crippen LogP contribution in [0.4, 0.5) is 9.52 Å². The molecule has 0 spiro atoms. The van der Waals surface area contributed by atoms with Gasteiger partial charge in [0.1, 0.15) is 11.6 Å². The lowest BCUT2D eigenvalue weighted by Crippen LogP contribution is -2.22. The van der Waals surface area contributed by atoms with Crippen molar-refractivity contribution in [2.45, 2.75) is 4.90 Å². The van der Waals surface area contributed by atoms with Crippen LogP contribution in [0.1, 0.15) is 0 Å². The third-order valence-electron chi connectivity index (χ3n) is 4.02. The second-order valence-electron chi connectivity index (χ2n) is 5.91. The number of carbonyl (C=O) groups is 1. The van der Waals surface area contributed by atoms with Gasteiger partial charge in [-0.3, -0.25) is 4.79 Å². The molecule has 0 aliphatic rings. The van der Waals surface area contributed by atoms with Crippen molar-refractivity contribution >= 4 is 53.2 Å². The SMILES string of the molecule is O=C(CS(=O)(=O)c1ccc(F)cc1)Nc1nc2c(ccc3ccccc32)s1. The van der Waals surface area contributed by atoms with Crippen LogP contribution in [-0.4, -0.2) is 25.1 Å². The summed E-state index contributed by atoms with van der Waals surface area (Å²) in [5, 5.41) is 4.88. The zero-order valence-electron chi connectivity index (χ0n) is 13.8. The van der Waals surface area contributed by atoms with E-state index in [1.54, 1.807) is 0 Å². The van der Waals surface area contributed by atoms with E-state index in [9.17, 15) is 17.6 Å². The second kappa shape index (κ2) is 6.71. The fourth-order valence-electron chi connectivity index (χ4n) is 2.77. The summed E-state index contributed by atoms with van der Waals surface area (Å²) in [6, 6.07) is 16.0. The van der Waals surface area contributed by atoms with Crippen LogP contribution in [0.5, 0.6) is 0 Å². The molecule has 3 aromatic carbocycles. The highest BCUT2D eigenvalue weighted by atomic mass is 32.2. The molecule has 1 aromatic heterocycles. The summed E-state index contributed by atoms with van der Waals surface area (Å²) in [7, 11) is -3.86. The van der Waals surface area contributed by atoms with E-state index in [0.717, 1.165) is 45.3 Å². The van der Waals surface area contributed by atoms with Gasteiger partial charge in [-0.2, -0.15) is 0 Å². The fraction of sp³-hybridized carbons (Fsp3) is 0.0526. The van der Waals surface area contributed by atoms with E-state index in [1.165, 1.54) is 11.3 Å². The topological polar surface area (TPSA) is 76.1 Å². The molecule has 27 heavy (non-hydrogen) atoms. The van der Waals surface area contributed by atoms with Gasteiger partial charge >= 0.3 is 0 Å². The minimum Gasteiger partial charge on any atom is -0.301 e. The van der Waals surface area contributed by atoms with E-state index < -0.39 is 27.3 Å². The molecular weight excluding hydrogens is 387 g/mol. The number of anilines is 1. The maximum Gasteiger partial charge on any atom is 0.241 e. The highest BCUT2D eigenvalue weighted by Crippen LogP contribution is 2.31. The average Bonchev–Trinajstić information content (AvgIpc) is 3.04. The lowest BCUT2D eigenvalue weighted by Gasteiger charge is -2.04. The van der Waals surface area contributed by atoms with Gasteiger partial charge in [0.05, 0.1) is 15.1 Å². The first-order chi connectivity index (χ1) is 12.9. The van der Waals surface area contributed by atoms with E-state index in [4.69, 9.17) is 0 Å². The molecule has 0 aliphatic heterocycles. The Morgan fingerprint density at radius 2 is 1.78 bits per heavy atom. The van der Waals surface area contributed by atoms with Crippen molar-refractivity contribution in [2.75, 3.05) is 11.1 Å². The maximum absolute atomic E-state index is 13.0. The number of rotatable bonds is 4. The summed E-state index contributed by atoms with van der Waals surface area (Å²) in [4.78, 5) is 16.5. The third-order valence-corrected chi connectivity index (χ3v) is 6.59. The first kappa shape index (κ1) is 17.6. The van der Waals surface area contributed by atoms with Crippen LogP contribution in [0.2, 0.25) is 0 Å². The van der Waals surface area contributed by atoms with E-state index in [1.807, 2.05) is 36.4 Å². The summed E-state index contributed by atoms with van der Waals surface area (Å²) >= 11 is 1.28. The van der Waals surface area contributed by atoms with E-state index >= 15 is 0 Å². The molecule has 0 bridgehead atoms. The van der Waals surface area contributed by atoms with Gasteiger partial charge in [0.2, 0.25) is 5.91 Å². The zero-order chi connectivity index (χ0) is 19.0. The molecule has 1 N–H and O–H groups in total. The van der Waals surface area contributed by atoms with Crippen LogP contribution in [-0.2, 0) is 14.6 Å². The Bertz CT molecular complexity index is 1270. The summed E-state index contributed by atoms with van der Waals surface area (Å²) < 4.78 is 38.4. The number of hydrogen-bond acceptors (Lipinski definition) is 5. The Balaban J connectivity index is 1.57. The van der Waals surface area contributed by atoms with Gasteiger partial charge in [-0.1, -0.05) is 41.7 Å². The number of amides is 1. The molecule has 5 nitrogen and oxygen atoms in total. The predicted molar refractivity (Wildman–Crippen MR) is 104 cm³/mol. The number of sulfone groups is 1. The molecule has 136 valence electrons. The highest BCUT2D eigenvalue weighted by Gasteiger charge is 2.20. The van der Waals surface area contributed by atoms with Crippen molar-refractivity contribution in [3.8, 4) is 0 Å². The Kier molecular flexibility index (Phi) is 4.37. The van der Waals surface area contributed by atoms with Crippen LogP contribution < -0.4 is 5.32 Å². The molecule has 1 amide bonds. The van der Waals surface area contributed by atoms with Crippen molar-refractivity contribution in [2.24, 2.45) is 0 Å². The molecule has 0 aliphatic carbocycles. The quantitative estimate of drug-likeness (QED) is 0.526. The summed E-state index contributed by atoms with van der Waals surface area (Å²) in [5.41, 5.74) is 0.759. The van der Waals surface area contributed by atoms with Gasteiger partial charge in [-0.25, -0.2) is 17.8 Å². The van der Waals surface area contributed by atoms with Crippen LogP contribution in [0, 0.1) is 5.82 Å². The minimum atomic E-state index is -3.86. The Morgan fingerprint density at radius 1 is 1.04 bits per heavy atom. The Morgan fingerprint density at radius 3 is 2.56 bits per heavy atom. The number of halogens is 1. The highest BCUT2D eigenvalue weighted by molar-refractivity contribution is 7.92.